The number of carbonyl (C=O) groups is 3. The lowest BCUT2D eigenvalue weighted by atomic mass is 10.2. The van der Waals surface area contributed by atoms with Crippen LogP contribution in [0.3, 0.4) is 0 Å². The molecule has 0 bridgehead atoms. The lowest BCUT2D eigenvalue weighted by Crippen LogP contribution is -2.47. The average molecular weight is 326 g/mol. The number of rotatable bonds is 7. The Morgan fingerprint density at radius 2 is 1.81 bits per heavy atom. The Morgan fingerprint density at radius 1 is 1.14 bits per heavy atom. The van der Waals surface area contributed by atoms with Crippen molar-refractivity contribution in [3.63, 3.8) is 0 Å². The van der Waals surface area contributed by atoms with E-state index in [1.54, 1.807) is 0 Å². The first-order valence-corrected chi connectivity index (χ1v) is 8.69. The lowest BCUT2D eigenvalue weighted by molar-refractivity contribution is -0.127. The van der Waals surface area contributed by atoms with E-state index < -0.39 is 6.04 Å². The van der Waals surface area contributed by atoms with Gasteiger partial charge < -0.3 is 10.6 Å². The molecule has 1 aromatic carbocycles. The van der Waals surface area contributed by atoms with Gasteiger partial charge in [0, 0.05) is 26.1 Å². The molecular weight excluding hydrogens is 308 g/mol. The van der Waals surface area contributed by atoms with E-state index in [9.17, 15) is 14.4 Å². The highest BCUT2D eigenvalue weighted by atomic mass is 33.1. The zero-order valence-electron chi connectivity index (χ0n) is 11.9. The van der Waals surface area contributed by atoms with Crippen molar-refractivity contribution in [1.29, 1.82) is 0 Å². The number of nitrogens with one attached hydrogen (secondary N) is 2. The van der Waals surface area contributed by atoms with Crippen LogP contribution in [0.2, 0.25) is 0 Å². The van der Waals surface area contributed by atoms with E-state index in [-0.39, 0.29) is 16.9 Å². The minimum absolute atomic E-state index is 0.0359. The highest BCUT2D eigenvalue weighted by Gasteiger charge is 2.19. The Hall–Kier alpha value is -1.47. The summed E-state index contributed by atoms with van der Waals surface area (Å²) < 4.78 is 0. The molecule has 0 saturated heterocycles. The first-order valence-electron chi connectivity index (χ1n) is 6.38. The lowest BCUT2D eigenvalue weighted by Gasteiger charge is -2.16. The van der Waals surface area contributed by atoms with E-state index in [1.165, 1.54) is 24.6 Å². The molecule has 0 radical (unpaired) electrons. The summed E-state index contributed by atoms with van der Waals surface area (Å²) >= 11 is 0. The molecule has 0 aliphatic heterocycles. The molecule has 7 heteroatoms. The van der Waals surface area contributed by atoms with Crippen molar-refractivity contribution in [2.24, 2.45) is 0 Å². The van der Waals surface area contributed by atoms with E-state index in [0.29, 0.717) is 12.3 Å². The second kappa shape index (κ2) is 9.46. The smallest absolute Gasteiger partial charge is 0.243 e. The minimum atomic E-state index is -0.650. The maximum Gasteiger partial charge on any atom is 0.243 e. The van der Waals surface area contributed by atoms with Crippen LogP contribution in [0.15, 0.2) is 30.3 Å². The number of carbonyl (C=O) groups excluding carboxylic acids is 3. The normalized spacial score (nSPS) is 11.5. The number of amides is 2. The molecule has 2 N–H and O–H groups in total. The first kappa shape index (κ1) is 17.6. The molecule has 1 unspecified atom stereocenters. The monoisotopic (exact) mass is 326 g/mol. The van der Waals surface area contributed by atoms with Crippen molar-refractivity contribution in [3.8, 4) is 0 Å². The summed E-state index contributed by atoms with van der Waals surface area (Å²) in [4.78, 5) is 34.1. The van der Waals surface area contributed by atoms with Gasteiger partial charge in [-0.2, -0.15) is 0 Å². The van der Waals surface area contributed by atoms with Crippen molar-refractivity contribution in [1.82, 2.24) is 10.6 Å². The molecule has 0 aliphatic carbocycles. The van der Waals surface area contributed by atoms with Gasteiger partial charge in [0.2, 0.25) is 11.8 Å². The number of hydrogen-bond donors (Lipinski definition) is 2. The fourth-order valence-electron chi connectivity index (χ4n) is 1.52. The summed E-state index contributed by atoms with van der Waals surface area (Å²) in [6, 6.07) is 8.87. The molecular formula is C14H18N2O3S2. The zero-order chi connectivity index (χ0) is 15.7. The van der Waals surface area contributed by atoms with Gasteiger partial charge in [0.05, 0.1) is 0 Å². The average Bonchev–Trinajstić information content (AvgIpc) is 2.44. The van der Waals surface area contributed by atoms with Crippen LogP contribution in [-0.4, -0.2) is 28.7 Å². The van der Waals surface area contributed by atoms with E-state index in [4.69, 9.17) is 0 Å². The molecule has 0 aromatic heterocycles. The maximum absolute atomic E-state index is 12.1. The minimum Gasteiger partial charge on any atom is -0.350 e. The van der Waals surface area contributed by atoms with Crippen LogP contribution in [0.25, 0.3) is 0 Å². The molecule has 0 aliphatic rings. The largest absolute Gasteiger partial charge is 0.350 e. The molecule has 0 heterocycles. The molecule has 0 spiro atoms. The van der Waals surface area contributed by atoms with Gasteiger partial charge in [-0.05, 0) is 16.4 Å². The second-order valence-electron chi connectivity index (χ2n) is 4.32. The van der Waals surface area contributed by atoms with Gasteiger partial charge in [-0.3, -0.25) is 14.4 Å². The standard InChI is InChI=1S/C14H18N2O3S2/c1-10(17)16-13(9-20-21-11(2)18)14(19)15-8-12-6-4-3-5-7-12/h3-7,13H,8-9H2,1-2H3,(H,15,19)(H,16,17). The van der Waals surface area contributed by atoms with Crippen LogP contribution < -0.4 is 10.6 Å². The number of hydrogen-bond acceptors (Lipinski definition) is 5. The molecule has 0 fully saturated rings. The van der Waals surface area contributed by atoms with Crippen LogP contribution in [0.4, 0.5) is 0 Å². The third kappa shape index (κ3) is 7.77. The highest BCUT2D eigenvalue weighted by molar-refractivity contribution is 8.82. The molecule has 5 nitrogen and oxygen atoms in total. The summed E-state index contributed by atoms with van der Waals surface area (Å²) in [6.45, 7) is 3.22. The van der Waals surface area contributed by atoms with Gasteiger partial charge in [0.1, 0.15) is 6.04 Å². The third-order valence-electron chi connectivity index (χ3n) is 2.41. The van der Waals surface area contributed by atoms with Gasteiger partial charge in [-0.15, -0.1) is 0 Å². The Labute approximate surface area is 132 Å². The van der Waals surface area contributed by atoms with Gasteiger partial charge in [-0.25, -0.2) is 0 Å². The summed E-state index contributed by atoms with van der Waals surface area (Å²) in [6.07, 6.45) is 0. The fourth-order valence-corrected chi connectivity index (χ4v) is 3.24. The van der Waals surface area contributed by atoms with Crippen molar-refractivity contribution < 1.29 is 14.4 Å². The molecule has 1 atom stereocenters. The van der Waals surface area contributed by atoms with Gasteiger partial charge >= 0.3 is 0 Å². The summed E-state index contributed by atoms with van der Waals surface area (Å²) in [5.74, 6) is -0.196. The molecule has 0 saturated carbocycles. The Balaban J connectivity index is 2.49. The highest BCUT2D eigenvalue weighted by Crippen LogP contribution is 2.22. The van der Waals surface area contributed by atoms with Crippen LogP contribution in [0, 0.1) is 0 Å². The SMILES string of the molecule is CC(=O)NC(CSSC(C)=O)C(=O)NCc1ccccc1. The van der Waals surface area contributed by atoms with Crippen LogP contribution >= 0.6 is 21.6 Å². The predicted octanol–water partition coefficient (Wildman–Crippen LogP) is 1.74. The molecule has 1 aromatic rings. The second-order valence-corrected chi connectivity index (χ2v) is 6.83. The van der Waals surface area contributed by atoms with Crippen LogP contribution in [-0.2, 0) is 20.9 Å². The maximum atomic E-state index is 12.1. The van der Waals surface area contributed by atoms with E-state index in [2.05, 4.69) is 10.6 Å². The summed E-state index contributed by atoms with van der Waals surface area (Å²) in [7, 11) is 2.32. The first-order chi connectivity index (χ1) is 9.99. The third-order valence-corrected chi connectivity index (χ3v) is 4.70. The summed E-state index contributed by atoms with van der Waals surface area (Å²) in [5, 5.41) is 5.34. The van der Waals surface area contributed by atoms with E-state index in [1.807, 2.05) is 30.3 Å². The van der Waals surface area contributed by atoms with Gasteiger partial charge in [0.25, 0.3) is 0 Å². The van der Waals surface area contributed by atoms with Crippen molar-refractivity contribution in [3.05, 3.63) is 35.9 Å². The predicted molar refractivity (Wildman–Crippen MR) is 86.6 cm³/mol. The van der Waals surface area contributed by atoms with E-state index in [0.717, 1.165) is 16.4 Å². The Bertz CT molecular complexity index is 494. The fraction of sp³-hybridized carbons (Fsp3) is 0.357. The van der Waals surface area contributed by atoms with Crippen molar-refractivity contribution in [2.75, 3.05) is 5.75 Å². The number of benzene rings is 1. The van der Waals surface area contributed by atoms with E-state index >= 15 is 0 Å². The molecule has 1 rings (SSSR count). The summed E-state index contributed by atoms with van der Waals surface area (Å²) in [5.41, 5.74) is 0.984. The topological polar surface area (TPSA) is 75.3 Å². The van der Waals surface area contributed by atoms with Crippen LogP contribution in [0.5, 0.6) is 0 Å². The molecule has 114 valence electrons. The van der Waals surface area contributed by atoms with Crippen molar-refractivity contribution >= 4 is 38.5 Å². The zero-order valence-corrected chi connectivity index (χ0v) is 13.6. The Kier molecular flexibility index (Phi) is 7.92. The van der Waals surface area contributed by atoms with Gasteiger partial charge in [0.15, 0.2) is 5.12 Å². The van der Waals surface area contributed by atoms with Crippen LogP contribution in [0.1, 0.15) is 19.4 Å². The molecule has 2 amide bonds. The quantitative estimate of drug-likeness (QED) is 0.747. The molecule has 21 heavy (non-hydrogen) atoms. The van der Waals surface area contributed by atoms with Crippen molar-refractivity contribution in [2.45, 2.75) is 26.4 Å². The Morgan fingerprint density at radius 3 is 2.38 bits per heavy atom. The van der Waals surface area contributed by atoms with Gasteiger partial charge in [-0.1, -0.05) is 41.1 Å².